The summed E-state index contributed by atoms with van der Waals surface area (Å²) in [5, 5.41) is 5.77. The minimum Gasteiger partial charge on any atom is -0.465 e. The monoisotopic (exact) mass is 362 g/mol. The summed E-state index contributed by atoms with van der Waals surface area (Å²) in [6.45, 7) is 0.148. The Balaban J connectivity index is 1.88. The smallest absolute Gasteiger partial charge is 0.337 e. The van der Waals surface area contributed by atoms with Crippen LogP contribution in [0.4, 0.5) is 11.4 Å². The molecular formula is C16H15BrN2O3. The van der Waals surface area contributed by atoms with Gasteiger partial charge in [-0.15, -0.1) is 0 Å². The number of hydrogen-bond acceptors (Lipinski definition) is 4. The molecule has 0 aliphatic heterocycles. The van der Waals surface area contributed by atoms with Crippen LogP contribution in [0.25, 0.3) is 0 Å². The van der Waals surface area contributed by atoms with E-state index >= 15 is 0 Å². The van der Waals surface area contributed by atoms with Gasteiger partial charge in [0, 0.05) is 15.8 Å². The van der Waals surface area contributed by atoms with Crippen molar-refractivity contribution in [3.8, 4) is 0 Å². The van der Waals surface area contributed by atoms with Crippen molar-refractivity contribution in [3.05, 3.63) is 58.6 Å². The molecule has 0 aliphatic carbocycles. The number of amides is 1. The van der Waals surface area contributed by atoms with E-state index in [4.69, 9.17) is 0 Å². The predicted molar refractivity (Wildman–Crippen MR) is 89.0 cm³/mol. The van der Waals surface area contributed by atoms with Crippen molar-refractivity contribution in [2.45, 2.75) is 0 Å². The van der Waals surface area contributed by atoms with Crippen LogP contribution >= 0.6 is 15.9 Å². The Morgan fingerprint density at radius 3 is 2.45 bits per heavy atom. The van der Waals surface area contributed by atoms with Crippen LogP contribution < -0.4 is 10.6 Å². The van der Waals surface area contributed by atoms with E-state index in [1.165, 1.54) is 7.11 Å². The minimum absolute atomic E-state index is 0.148. The molecule has 0 heterocycles. The number of hydrogen-bond donors (Lipinski definition) is 2. The maximum atomic E-state index is 11.9. The lowest BCUT2D eigenvalue weighted by atomic mass is 10.2. The molecular weight excluding hydrogens is 348 g/mol. The van der Waals surface area contributed by atoms with Gasteiger partial charge in [0.25, 0.3) is 0 Å². The van der Waals surface area contributed by atoms with Crippen molar-refractivity contribution in [3.63, 3.8) is 0 Å². The van der Waals surface area contributed by atoms with Crippen molar-refractivity contribution < 1.29 is 14.3 Å². The summed E-state index contributed by atoms with van der Waals surface area (Å²) in [5.74, 6) is -0.583. The third-order valence-corrected chi connectivity index (χ3v) is 3.36. The van der Waals surface area contributed by atoms with Gasteiger partial charge < -0.3 is 15.4 Å². The fourth-order valence-electron chi connectivity index (χ4n) is 1.79. The zero-order valence-corrected chi connectivity index (χ0v) is 13.5. The largest absolute Gasteiger partial charge is 0.465 e. The molecule has 0 radical (unpaired) electrons. The molecule has 22 heavy (non-hydrogen) atoms. The van der Waals surface area contributed by atoms with Crippen molar-refractivity contribution in [2.24, 2.45) is 0 Å². The molecule has 2 rings (SSSR count). The maximum absolute atomic E-state index is 11.9. The van der Waals surface area contributed by atoms with Gasteiger partial charge in [-0.05, 0) is 42.5 Å². The molecule has 0 unspecified atom stereocenters. The predicted octanol–water partition coefficient (Wildman–Crippen LogP) is 3.29. The van der Waals surface area contributed by atoms with Gasteiger partial charge in [-0.2, -0.15) is 0 Å². The summed E-state index contributed by atoms with van der Waals surface area (Å²) in [5.41, 5.74) is 1.91. The minimum atomic E-state index is -0.408. The van der Waals surface area contributed by atoms with Gasteiger partial charge in [-0.1, -0.05) is 22.0 Å². The number of benzene rings is 2. The summed E-state index contributed by atoms with van der Waals surface area (Å²) in [6, 6.07) is 14.1. The van der Waals surface area contributed by atoms with E-state index in [2.05, 4.69) is 31.3 Å². The zero-order chi connectivity index (χ0) is 15.9. The second-order valence-corrected chi connectivity index (χ2v) is 5.40. The Bertz CT molecular complexity index is 671. The average molecular weight is 363 g/mol. The molecule has 114 valence electrons. The van der Waals surface area contributed by atoms with Gasteiger partial charge >= 0.3 is 5.97 Å². The van der Waals surface area contributed by atoms with E-state index in [9.17, 15) is 9.59 Å². The van der Waals surface area contributed by atoms with Crippen molar-refractivity contribution in [1.82, 2.24) is 0 Å². The lowest BCUT2D eigenvalue weighted by Crippen LogP contribution is -2.21. The first kappa shape index (κ1) is 16.0. The van der Waals surface area contributed by atoms with Crippen LogP contribution in [0.1, 0.15) is 10.4 Å². The maximum Gasteiger partial charge on any atom is 0.337 e. The first-order valence-corrected chi connectivity index (χ1v) is 7.35. The molecule has 2 N–H and O–H groups in total. The quantitative estimate of drug-likeness (QED) is 0.800. The second kappa shape index (κ2) is 7.61. The Morgan fingerprint density at radius 2 is 1.82 bits per heavy atom. The van der Waals surface area contributed by atoms with Crippen molar-refractivity contribution >= 4 is 39.2 Å². The van der Waals surface area contributed by atoms with Crippen molar-refractivity contribution in [2.75, 3.05) is 24.3 Å². The Kier molecular flexibility index (Phi) is 5.55. The summed E-state index contributed by atoms with van der Waals surface area (Å²) in [7, 11) is 1.33. The van der Waals surface area contributed by atoms with Crippen LogP contribution in [0.15, 0.2) is 53.0 Å². The molecule has 5 nitrogen and oxygen atoms in total. The molecule has 0 atom stereocenters. The van der Waals surface area contributed by atoms with Crippen LogP contribution in [0.5, 0.6) is 0 Å². The topological polar surface area (TPSA) is 67.4 Å². The molecule has 1 amide bonds. The van der Waals surface area contributed by atoms with Gasteiger partial charge in [0.05, 0.1) is 19.2 Å². The molecule has 0 aliphatic rings. The number of rotatable bonds is 5. The van der Waals surface area contributed by atoms with Gasteiger partial charge in [-0.25, -0.2) is 4.79 Å². The summed E-state index contributed by atoms with van der Waals surface area (Å²) >= 11 is 3.37. The highest BCUT2D eigenvalue weighted by atomic mass is 79.9. The SMILES string of the molecule is COC(=O)c1ccc(NC(=O)CNc2cccc(Br)c2)cc1. The van der Waals surface area contributed by atoms with Crippen LogP contribution in [-0.2, 0) is 9.53 Å². The Hall–Kier alpha value is -2.34. The number of halogens is 1. The lowest BCUT2D eigenvalue weighted by molar-refractivity contribution is -0.114. The second-order valence-electron chi connectivity index (χ2n) is 4.48. The molecule has 6 heteroatoms. The van der Waals surface area contributed by atoms with Crippen LogP contribution in [0.3, 0.4) is 0 Å². The van der Waals surface area contributed by atoms with Gasteiger partial charge in [-0.3, -0.25) is 4.79 Å². The number of methoxy groups -OCH3 is 1. The van der Waals surface area contributed by atoms with Gasteiger partial charge in [0.1, 0.15) is 0 Å². The molecule has 0 saturated heterocycles. The number of ether oxygens (including phenoxy) is 1. The van der Waals surface area contributed by atoms with E-state index in [1.54, 1.807) is 24.3 Å². The average Bonchev–Trinajstić information content (AvgIpc) is 2.53. The Morgan fingerprint density at radius 1 is 1.09 bits per heavy atom. The molecule has 2 aromatic rings. The number of nitrogens with one attached hydrogen (secondary N) is 2. The molecule has 0 saturated carbocycles. The first-order chi connectivity index (χ1) is 10.6. The summed E-state index contributed by atoms with van der Waals surface area (Å²) < 4.78 is 5.56. The van der Waals surface area contributed by atoms with Crippen LogP contribution in [0, 0.1) is 0 Å². The summed E-state index contributed by atoms with van der Waals surface area (Å²) in [4.78, 5) is 23.2. The normalized spacial score (nSPS) is 9.91. The molecule has 0 spiro atoms. The number of carbonyl (C=O) groups is 2. The third kappa shape index (κ3) is 4.60. The van der Waals surface area contributed by atoms with E-state index in [0.717, 1.165) is 10.2 Å². The van der Waals surface area contributed by atoms with Crippen molar-refractivity contribution in [1.29, 1.82) is 0 Å². The fraction of sp³-hybridized carbons (Fsp3) is 0.125. The van der Waals surface area contributed by atoms with E-state index < -0.39 is 5.97 Å². The van der Waals surface area contributed by atoms with E-state index in [-0.39, 0.29) is 12.5 Å². The molecule has 2 aromatic carbocycles. The highest BCUT2D eigenvalue weighted by Crippen LogP contribution is 2.15. The first-order valence-electron chi connectivity index (χ1n) is 6.56. The van der Waals surface area contributed by atoms with Gasteiger partial charge in [0.2, 0.25) is 5.91 Å². The zero-order valence-electron chi connectivity index (χ0n) is 11.9. The number of anilines is 2. The summed E-state index contributed by atoms with van der Waals surface area (Å²) in [6.07, 6.45) is 0. The van der Waals surface area contributed by atoms with E-state index in [1.807, 2.05) is 24.3 Å². The number of esters is 1. The molecule has 0 aromatic heterocycles. The molecule has 0 fully saturated rings. The standard InChI is InChI=1S/C16H15BrN2O3/c1-22-16(21)11-5-7-13(8-6-11)19-15(20)10-18-14-4-2-3-12(17)9-14/h2-9,18H,10H2,1H3,(H,19,20). The Labute approximate surface area is 136 Å². The lowest BCUT2D eigenvalue weighted by Gasteiger charge is -2.08. The highest BCUT2D eigenvalue weighted by molar-refractivity contribution is 9.10. The van der Waals surface area contributed by atoms with E-state index in [0.29, 0.717) is 11.3 Å². The highest BCUT2D eigenvalue weighted by Gasteiger charge is 2.06. The van der Waals surface area contributed by atoms with Crippen LogP contribution in [-0.4, -0.2) is 25.5 Å². The molecule has 0 bridgehead atoms. The fourth-order valence-corrected chi connectivity index (χ4v) is 2.19. The number of carbonyl (C=O) groups excluding carboxylic acids is 2. The van der Waals surface area contributed by atoms with Gasteiger partial charge in [0.15, 0.2) is 0 Å². The van der Waals surface area contributed by atoms with Crippen LogP contribution in [0.2, 0.25) is 0 Å². The third-order valence-electron chi connectivity index (χ3n) is 2.87.